The Balaban J connectivity index is 2.59. The second-order valence-electron chi connectivity index (χ2n) is 5.18. The van der Waals surface area contributed by atoms with Gasteiger partial charge in [0, 0.05) is 11.5 Å². The van der Waals surface area contributed by atoms with Crippen LogP contribution < -0.4 is 5.32 Å². The Morgan fingerprint density at radius 2 is 2.42 bits per heavy atom. The smallest absolute Gasteiger partial charge is 0.326 e. The molecule has 1 aliphatic carbocycles. The molecule has 0 aromatic rings. The van der Waals surface area contributed by atoms with Gasteiger partial charge in [0.05, 0.1) is 7.11 Å². The zero-order valence-electron chi connectivity index (χ0n) is 11.9. The predicted octanol–water partition coefficient (Wildman–Crippen LogP) is 2.79. The molecule has 0 aromatic heterocycles. The zero-order valence-corrected chi connectivity index (χ0v) is 11.9. The predicted molar refractivity (Wildman–Crippen MR) is 73.6 cm³/mol. The van der Waals surface area contributed by atoms with Gasteiger partial charge in [-0.05, 0) is 37.3 Å². The molecule has 1 rings (SSSR count). The van der Waals surface area contributed by atoms with Gasteiger partial charge in [0.1, 0.15) is 5.54 Å². The van der Waals surface area contributed by atoms with E-state index in [4.69, 9.17) is 10.3 Å². The lowest BCUT2D eigenvalue weighted by atomic mass is 9.74. The summed E-state index contributed by atoms with van der Waals surface area (Å²) in [5, 5.41) is 6.85. The van der Waals surface area contributed by atoms with Gasteiger partial charge in [-0.25, -0.2) is 0 Å². The highest BCUT2D eigenvalue weighted by molar-refractivity contribution is 5.80. The minimum atomic E-state index is -0.538. The third-order valence-corrected chi connectivity index (χ3v) is 3.97. The summed E-state index contributed by atoms with van der Waals surface area (Å²) >= 11 is 0. The number of esters is 1. The number of rotatable bonds is 7. The lowest BCUT2D eigenvalue weighted by Gasteiger charge is -2.39. The first-order valence-electron chi connectivity index (χ1n) is 7.03. The number of carbonyl (C=O) groups excluding carboxylic acids is 1. The van der Waals surface area contributed by atoms with Crippen LogP contribution in [0.2, 0.25) is 0 Å². The average Bonchev–Trinajstić information content (AvgIpc) is 2.46. The summed E-state index contributed by atoms with van der Waals surface area (Å²) in [6.07, 6.45) is 5.75. The van der Waals surface area contributed by atoms with E-state index in [9.17, 15) is 4.79 Å². The molecule has 1 saturated carbocycles. The SMILES string of the molecule is CCC1CCCC(NCCCN=[N+]=[N-])(C(=O)OC)C1. The fourth-order valence-corrected chi connectivity index (χ4v) is 2.87. The van der Waals surface area contributed by atoms with Crippen molar-refractivity contribution in [1.82, 2.24) is 5.32 Å². The molecular weight excluding hydrogens is 244 g/mol. The van der Waals surface area contributed by atoms with Gasteiger partial charge in [-0.3, -0.25) is 4.79 Å². The molecule has 1 N–H and O–H groups in total. The summed E-state index contributed by atoms with van der Waals surface area (Å²) in [7, 11) is 1.45. The monoisotopic (exact) mass is 268 g/mol. The first-order chi connectivity index (χ1) is 9.18. The average molecular weight is 268 g/mol. The standard InChI is InChI=1S/C13H24N4O2/c1-3-11-6-4-7-13(10-11,12(18)19-2)15-8-5-9-16-17-14/h11,15H,3-10H2,1-2H3. The molecule has 1 aliphatic rings. The molecule has 108 valence electrons. The van der Waals surface area contributed by atoms with E-state index in [1.807, 2.05) is 0 Å². The lowest BCUT2D eigenvalue weighted by Crippen LogP contribution is -2.55. The second-order valence-corrected chi connectivity index (χ2v) is 5.18. The Labute approximate surface area is 114 Å². The van der Waals surface area contributed by atoms with Gasteiger partial charge in [-0.1, -0.05) is 31.3 Å². The molecule has 0 bridgehead atoms. The van der Waals surface area contributed by atoms with Crippen molar-refractivity contribution in [3.63, 3.8) is 0 Å². The van der Waals surface area contributed by atoms with Crippen molar-refractivity contribution in [1.29, 1.82) is 0 Å². The maximum Gasteiger partial charge on any atom is 0.326 e. The van der Waals surface area contributed by atoms with E-state index in [0.29, 0.717) is 19.0 Å². The maximum absolute atomic E-state index is 12.1. The van der Waals surface area contributed by atoms with Crippen LogP contribution in [0.25, 0.3) is 10.4 Å². The summed E-state index contributed by atoms with van der Waals surface area (Å²) in [6.45, 7) is 3.29. The van der Waals surface area contributed by atoms with E-state index in [-0.39, 0.29) is 5.97 Å². The maximum atomic E-state index is 12.1. The van der Waals surface area contributed by atoms with E-state index < -0.39 is 5.54 Å². The first kappa shape index (κ1) is 15.8. The number of methoxy groups -OCH3 is 1. The molecule has 19 heavy (non-hydrogen) atoms. The summed E-state index contributed by atoms with van der Waals surface area (Å²) in [6, 6.07) is 0. The zero-order chi connectivity index (χ0) is 14.1. The fraction of sp³-hybridized carbons (Fsp3) is 0.923. The Morgan fingerprint density at radius 3 is 3.05 bits per heavy atom. The van der Waals surface area contributed by atoms with Crippen LogP contribution in [0, 0.1) is 5.92 Å². The van der Waals surface area contributed by atoms with Gasteiger partial charge in [-0.15, -0.1) is 0 Å². The van der Waals surface area contributed by atoms with Crippen LogP contribution in [0.5, 0.6) is 0 Å². The quantitative estimate of drug-likeness (QED) is 0.253. The Morgan fingerprint density at radius 1 is 1.63 bits per heavy atom. The number of nitrogens with one attached hydrogen (secondary N) is 1. The van der Waals surface area contributed by atoms with Gasteiger partial charge in [0.15, 0.2) is 0 Å². The van der Waals surface area contributed by atoms with Crippen LogP contribution >= 0.6 is 0 Å². The molecule has 0 aliphatic heterocycles. The van der Waals surface area contributed by atoms with E-state index in [1.165, 1.54) is 13.5 Å². The van der Waals surface area contributed by atoms with Crippen LogP contribution in [0.4, 0.5) is 0 Å². The third kappa shape index (κ3) is 4.40. The van der Waals surface area contributed by atoms with E-state index in [1.54, 1.807) is 0 Å². The van der Waals surface area contributed by atoms with E-state index in [0.717, 1.165) is 32.1 Å². The highest BCUT2D eigenvalue weighted by atomic mass is 16.5. The van der Waals surface area contributed by atoms with Crippen LogP contribution in [0.1, 0.15) is 45.4 Å². The van der Waals surface area contributed by atoms with Gasteiger partial charge in [0.2, 0.25) is 0 Å². The van der Waals surface area contributed by atoms with Gasteiger partial charge in [-0.2, -0.15) is 0 Å². The largest absolute Gasteiger partial charge is 0.468 e. The van der Waals surface area contributed by atoms with Crippen molar-refractivity contribution in [2.75, 3.05) is 20.2 Å². The van der Waals surface area contributed by atoms with Gasteiger partial charge >= 0.3 is 5.97 Å². The molecule has 2 atom stereocenters. The molecule has 0 heterocycles. The molecule has 0 spiro atoms. The molecular formula is C13H24N4O2. The van der Waals surface area contributed by atoms with Crippen LogP contribution in [-0.4, -0.2) is 31.7 Å². The molecule has 1 fully saturated rings. The fourth-order valence-electron chi connectivity index (χ4n) is 2.87. The Hall–Kier alpha value is -1.26. The number of ether oxygens (including phenoxy) is 1. The Bertz CT molecular complexity index is 342. The lowest BCUT2D eigenvalue weighted by molar-refractivity contribution is -0.151. The number of nitrogens with zero attached hydrogens (tertiary/aromatic N) is 3. The summed E-state index contributed by atoms with van der Waals surface area (Å²) in [4.78, 5) is 14.8. The highest BCUT2D eigenvalue weighted by Crippen LogP contribution is 2.35. The number of hydrogen-bond donors (Lipinski definition) is 1. The Kier molecular flexibility index (Phi) is 6.67. The molecule has 0 aromatic carbocycles. The van der Waals surface area contributed by atoms with Crippen molar-refractivity contribution in [3.05, 3.63) is 10.4 Å². The molecule has 6 nitrogen and oxygen atoms in total. The topological polar surface area (TPSA) is 87.1 Å². The minimum absolute atomic E-state index is 0.158. The van der Waals surface area contributed by atoms with Crippen molar-refractivity contribution in [2.45, 2.75) is 51.0 Å². The van der Waals surface area contributed by atoms with Gasteiger partial charge < -0.3 is 10.1 Å². The normalized spacial score (nSPS) is 26.5. The number of hydrogen-bond acceptors (Lipinski definition) is 4. The summed E-state index contributed by atoms with van der Waals surface area (Å²) in [5.41, 5.74) is 7.68. The summed E-state index contributed by atoms with van der Waals surface area (Å²) < 4.78 is 4.98. The molecule has 0 amide bonds. The third-order valence-electron chi connectivity index (χ3n) is 3.97. The van der Waals surface area contributed by atoms with Crippen LogP contribution in [-0.2, 0) is 9.53 Å². The minimum Gasteiger partial charge on any atom is -0.468 e. The van der Waals surface area contributed by atoms with Crippen LogP contribution in [0.15, 0.2) is 5.11 Å². The number of azide groups is 1. The molecule has 0 saturated heterocycles. The van der Waals surface area contributed by atoms with Crippen molar-refractivity contribution in [3.8, 4) is 0 Å². The van der Waals surface area contributed by atoms with E-state index in [2.05, 4.69) is 22.3 Å². The molecule has 2 unspecified atom stereocenters. The highest BCUT2D eigenvalue weighted by Gasteiger charge is 2.42. The second kappa shape index (κ2) is 8.02. The first-order valence-corrected chi connectivity index (χ1v) is 7.03. The summed E-state index contributed by atoms with van der Waals surface area (Å²) in [5.74, 6) is 0.423. The van der Waals surface area contributed by atoms with Crippen molar-refractivity contribution in [2.24, 2.45) is 11.0 Å². The van der Waals surface area contributed by atoms with Gasteiger partial charge in [0.25, 0.3) is 0 Å². The van der Waals surface area contributed by atoms with Crippen molar-refractivity contribution >= 4 is 5.97 Å². The van der Waals surface area contributed by atoms with E-state index >= 15 is 0 Å². The molecule has 6 heteroatoms. The van der Waals surface area contributed by atoms with Crippen molar-refractivity contribution < 1.29 is 9.53 Å². The van der Waals surface area contributed by atoms with Crippen LogP contribution in [0.3, 0.4) is 0 Å². The molecule has 0 radical (unpaired) electrons. The number of carbonyl (C=O) groups is 1.